The molecule has 49 heavy (non-hydrogen) atoms. The van der Waals surface area contributed by atoms with Crippen molar-refractivity contribution in [3.63, 3.8) is 0 Å². The zero-order valence-corrected chi connectivity index (χ0v) is 30.9. The maximum Gasteiger partial charge on any atom is 0.481 e. The second-order valence-electron chi connectivity index (χ2n) is 10.8. The summed E-state index contributed by atoms with van der Waals surface area (Å²) in [5, 5.41) is 26.1. The van der Waals surface area contributed by atoms with Crippen molar-refractivity contribution >= 4 is 64.9 Å². The summed E-state index contributed by atoms with van der Waals surface area (Å²) in [6.45, 7) is 0.723. The van der Waals surface area contributed by atoms with E-state index in [-0.39, 0.29) is 55.3 Å². The van der Waals surface area contributed by atoms with E-state index in [0.29, 0.717) is 12.3 Å². The summed E-state index contributed by atoms with van der Waals surface area (Å²) in [6.07, 6.45) is -6.74. The number of imidazole rings is 1. The van der Waals surface area contributed by atoms with Crippen LogP contribution in [-0.2, 0) is 65.4 Å². The number of carbonyl (C=O) groups excluding carboxylic acids is 2. The standard InChI is InChI=1S/C21H36N7O16P3S.Ru/c1-21(2,16(31)19(32)24-4-3-12(29)23-5-6-48)8-41-47(38,39)44-46(36,37)40-7-11-15(43-45(33,34)35)14(30)20(42-11)28-10-27-13-17(22)25-9-26-18(13)28;/h9-11,14-16,20,30-31,48H,3-8H2,1-2H3,(H,23,29)(H,24,32)(H,36,37)(H,38,39)(H2,22,25,26)(H2,33,34,35);/t11-,14-,15-,16+,20-;/m1./s1. The van der Waals surface area contributed by atoms with E-state index in [1.54, 1.807) is 0 Å². The van der Waals surface area contributed by atoms with Gasteiger partial charge in [-0.05, 0) is 0 Å². The van der Waals surface area contributed by atoms with Crippen molar-refractivity contribution in [3.05, 3.63) is 12.7 Å². The van der Waals surface area contributed by atoms with E-state index in [4.69, 9.17) is 19.5 Å². The number of rotatable bonds is 18. The Hall–Kier alpha value is -1.49. The number of nitrogens with one attached hydrogen (secondary N) is 2. The number of phosphoric acid groups is 3. The van der Waals surface area contributed by atoms with Crippen molar-refractivity contribution in [3.8, 4) is 0 Å². The first-order valence-electron chi connectivity index (χ1n) is 13.7. The molecule has 0 bridgehead atoms. The first-order valence-corrected chi connectivity index (χ1v) is 18.8. The largest absolute Gasteiger partial charge is 0.481 e. The molecule has 0 aliphatic carbocycles. The minimum absolute atomic E-state index is 0. The van der Waals surface area contributed by atoms with E-state index in [1.807, 2.05) is 0 Å². The minimum Gasteiger partial charge on any atom is -0.386 e. The smallest absolute Gasteiger partial charge is 0.386 e. The van der Waals surface area contributed by atoms with Crippen molar-refractivity contribution < 1.29 is 95.2 Å². The zero-order chi connectivity index (χ0) is 36.1. The number of aliphatic hydroxyl groups is 2. The Kier molecular flexibility index (Phi) is 15.9. The molecule has 28 heteroatoms. The van der Waals surface area contributed by atoms with Crippen LogP contribution in [-0.4, -0.2) is 118 Å². The van der Waals surface area contributed by atoms with Crippen molar-refractivity contribution in [2.75, 3.05) is 37.8 Å². The molecule has 3 rings (SSSR count). The Bertz CT molecular complexity index is 1600. The maximum atomic E-state index is 12.6. The number of nitrogens with zero attached hydrogens (tertiary/aromatic N) is 4. The molecule has 10 N–H and O–H groups in total. The average Bonchev–Trinajstić information content (AvgIpc) is 3.54. The molecule has 1 aliphatic rings. The van der Waals surface area contributed by atoms with Crippen LogP contribution < -0.4 is 16.4 Å². The van der Waals surface area contributed by atoms with Gasteiger partial charge in [0.2, 0.25) is 11.8 Å². The Balaban J connectivity index is 0.00000833. The topological polar surface area (TPSA) is 347 Å². The third-order valence-corrected chi connectivity index (χ3v) is 9.83. The number of nitrogens with two attached hydrogens (primary N) is 1. The second-order valence-corrected chi connectivity index (χ2v) is 15.5. The number of nitrogen functional groups attached to an aromatic ring is 1. The van der Waals surface area contributed by atoms with Crippen LogP contribution in [0, 0.1) is 5.41 Å². The Morgan fingerprint density at radius 1 is 1.10 bits per heavy atom. The molecule has 1 fully saturated rings. The maximum absolute atomic E-state index is 12.6. The number of aromatic nitrogens is 4. The molecule has 2 aromatic rings. The molecule has 3 heterocycles. The fraction of sp³-hybridized carbons (Fsp3) is 0.667. The summed E-state index contributed by atoms with van der Waals surface area (Å²) in [7, 11) is -16.3. The number of thiol groups is 1. The molecule has 2 aromatic heterocycles. The van der Waals surface area contributed by atoms with Crippen molar-refractivity contribution in [2.45, 2.75) is 50.9 Å². The third-order valence-electron chi connectivity index (χ3n) is 6.51. The van der Waals surface area contributed by atoms with Gasteiger partial charge in [0.1, 0.15) is 36.3 Å². The fourth-order valence-electron chi connectivity index (χ4n) is 4.14. The van der Waals surface area contributed by atoms with E-state index < -0.39 is 78.6 Å². The van der Waals surface area contributed by atoms with E-state index in [1.165, 1.54) is 13.8 Å². The van der Waals surface area contributed by atoms with Gasteiger partial charge in [0.15, 0.2) is 17.7 Å². The molecule has 0 spiro atoms. The molecule has 0 radical (unpaired) electrons. The van der Waals surface area contributed by atoms with Crippen LogP contribution in [0.15, 0.2) is 12.7 Å². The first-order chi connectivity index (χ1) is 22.2. The number of fused-ring (bicyclic) bond motifs is 1. The molecular formula is C21H36N7O16P3RuS. The summed E-state index contributed by atoms with van der Waals surface area (Å²) < 4.78 is 61.7. The Morgan fingerprint density at radius 2 is 1.76 bits per heavy atom. The number of hydrogen-bond acceptors (Lipinski definition) is 17. The van der Waals surface area contributed by atoms with Crippen molar-refractivity contribution in [1.82, 2.24) is 30.2 Å². The molecular weight excluding hydrogens is 832 g/mol. The third kappa shape index (κ3) is 12.6. The van der Waals surface area contributed by atoms with Gasteiger partial charge < -0.3 is 50.9 Å². The van der Waals surface area contributed by atoms with Gasteiger partial charge in [-0.25, -0.2) is 28.6 Å². The first kappa shape index (κ1) is 43.7. The summed E-state index contributed by atoms with van der Waals surface area (Å²) in [4.78, 5) is 74.6. The number of ether oxygens (including phenoxy) is 1. The monoisotopic (exact) mass is 869 g/mol. The Labute approximate surface area is 296 Å². The molecule has 280 valence electrons. The van der Waals surface area contributed by atoms with Gasteiger partial charge in [-0.15, -0.1) is 0 Å². The van der Waals surface area contributed by atoms with Gasteiger partial charge in [-0.2, -0.15) is 16.9 Å². The number of aliphatic hydroxyl groups excluding tert-OH is 2. The molecule has 23 nitrogen and oxygen atoms in total. The number of carbonyl (C=O) groups is 2. The van der Waals surface area contributed by atoms with E-state index >= 15 is 0 Å². The van der Waals surface area contributed by atoms with Gasteiger partial charge in [0.05, 0.1) is 19.5 Å². The van der Waals surface area contributed by atoms with Gasteiger partial charge in [0.25, 0.3) is 0 Å². The van der Waals surface area contributed by atoms with Crippen LogP contribution in [0.5, 0.6) is 0 Å². The van der Waals surface area contributed by atoms with Crippen LogP contribution >= 0.6 is 36.1 Å². The summed E-state index contributed by atoms with van der Waals surface area (Å²) in [6, 6.07) is 0. The van der Waals surface area contributed by atoms with Gasteiger partial charge in [-0.1, -0.05) is 13.8 Å². The number of phosphoric ester groups is 3. The van der Waals surface area contributed by atoms with E-state index in [9.17, 15) is 53.1 Å². The van der Waals surface area contributed by atoms with Crippen molar-refractivity contribution in [2.24, 2.45) is 5.41 Å². The fourth-order valence-corrected chi connectivity index (χ4v) is 7.08. The second kappa shape index (κ2) is 17.8. The predicted molar refractivity (Wildman–Crippen MR) is 163 cm³/mol. The summed E-state index contributed by atoms with van der Waals surface area (Å²) >= 11 is 3.95. The Morgan fingerprint density at radius 3 is 2.39 bits per heavy atom. The van der Waals surface area contributed by atoms with Crippen LogP contribution in [0.4, 0.5) is 5.82 Å². The SMILES string of the molecule is CC(C)(COP(=O)(O)OP(=O)(O)OC[C@H]1O[C@@H](n2cnc3c(N)ncnc32)[C@H](O)[C@@H]1OP(=O)(O)O)[C@@H](O)C(=O)NCCC(=O)NCCS.[Ru]. The molecule has 2 amide bonds. The average molecular weight is 869 g/mol. The van der Waals surface area contributed by atoms with Crippen LogP contribution in [0.1, 0.15) is 26.5 Å². The van der Waals surface area contributed by atoms with Gasteiger partial charge in [-0.3, -0.25) is 27.7 Å². The normalized spacial score (nSPS) is 22.9. The number of anilines is 1. The molecule has 2 unspecified atom stereocenters. The van der Waals surface area contributed by atoms with E-state index in [2.05, 4.69) is 47.0 Å². The molecule has 7 atom stereocenters. The molecule has 0 aromatic carbocycles. The molecule has 1 saturated heterocycles. The summed E-state index contributed by atoms with van der Waals surface area (Å²) in [5.74, 6) is -0.943. The van der Waals surface area contributed by atoms with Crippen LogP contribution in [0.2, 0.25) is 0 Å². The zero-order valence-electron chi connectivity index (χ0n) is 25.6. The van der Waals surface area contributed by atoms with Crippen LogP contribution in [0.3, 0.4) is 0 Å². The van der Waals surface area contributed by atoms with Gasteiger partial charge in [0, 0.05) is 50.2 Å². The van der Waals surface area contributed by atoms with Crippen molar-refractivity contribution in [1.29, 1.82) is 0 Å². The quantitative estimate of drug-likeness (QED) is 0.0455. The summed E-state index contributed by atoms with van der Waals surface area (Å²) in [5.41, 5.74) is 4.30. The van der Waals surface area contributed by atoms with E-state index in [0.717, 1.165) is 17.2 Å². The number of amides is 2. The molecule has 1 aliphatic heterocycles. The van der Waals surface area contributed by atoms with Gasteiger partial charge >= 0.3 is 23.5 Å². The number of hydrogen-bond donors (Lipinski definition) is 10. The molecule has 0 saturated carbocycles. The minimum atomic E-state index is -5.54. The van der Waals surface area contributed by atoms with Crippen LogP contribution in [0.25, 0.3) is 11.2 Å². The predicted octanol–water partition coefficient (Wildman–Crippen LogP) is -1.67.